The van der Waals surface area contributed by atoms with Crippen LogP contribution in [-0.4, -0.2) is 31.1 Å². The standard InChI is InChI=1S/C28H49N5O3/c1-4-5-6-7-8-12-15-18-21-29-24(34)20-17-14-11-9-10-13-16-19-22-33-27(35)25-26(30-23-31(25)2)32(3)28(33)36/h23H,4-22H2,1-3H3,(H,29,34). The van der Waals surface area contributed by atoms with Gasteiger partial charge in [0, 0.05) is 33.6 Å². The average molecular weight is 504 g/mol. The molecular weight excluding hydrogens is 454 g/mol. The fourth-order valence-corrected chi connectivity index (χ4v) is 4.78. The summed E-state index contributed by atoms with van der Waals surface area (Å²) in [6.45, 7) is 3.51. The second kappa shape index (κ2) is 17.1. The second-order valence-electron chi connectivity index (χ2n) is 10.2. The number of carbonyl (C=O) groups excluding carboxylic acids is 1. The third-order valence-corrected chi connectivity index (χ3v) is 7.09. The van der Waals surface area contributed by atoms with E-state index in [4.69, 9.17) is 0 Å². The summed E-state index contributed by atoms with van der Waals surface area (Å²) in [7, 11) is 3.44. The van der Waals surface area contributed by atoms with Gasteiger partial charge in [0.25, 0.3) is 5.56 Å². The SMILES string of the molecule is CCCCCCCCCCNC(=O)CCCCCCCCCCn1c(=O)c2c(ncn2C)n(C)c1=O. The molecule has 2 aromatic heterocycles. The van der Waals surface area contributed by atoms with Crippen molar-refractivity contribution in [2.75, 3.05) is 6.54 Å². The van der Waals surface area contributed by atoms with Crippen molar-refractivity contribution < 1.29 is 4.79 Å². The van der Waals surface area contributed by atoms with Crippen LogP contribution in [0.5, 0.6) is 0 Å². The predicted molar refractivity (Wildman–Crippen MR) is 147 cm³/mol. The lowest BCUT2D eigenvalue weighted by Gasteiger charge is -2.08. The molecule has 8 nitrogen and oxygen atoms in total. The Balaban J connectivity index is 1.45. The van der Waals surface area contributed by atoms with E-state index in [1.807, 2.05) is 0 Å². The highest BCUT2D eigenvalue weighted by Crippen LogP contribution is 2.11. The fraction of sp³-hybridized carbons (Fsp3) is 0.786. The Labute approximate surface area is 216 Å². The number of fused-ring (bicyclic) bond motifs is 1. The maximum Gasteiger partial charge on any atom is 0.332 e. The Hall–Kier alpha value is -2.38. The highest BCUT2D eigenvalue weighted by Gasteiger charge is 2.14. The van der Waals surface area contributed by atoms with Crippen molar-refractivity contribution in [3.63, 3.8) is 0 Å². The van der Waals surface area contributed by atoms with Crippen LogP contribution in [0.2, 0.25) is 0 Å². The van der Waals surface area contributed by atoms with E-state index in [-0.39, 0.29) is 17.2 Å². The summed E-state index contributed by atoms with van der Waals surface area (Å²) >= 11 is 0. The number of aromatic nitrogens is 4. The number of aryl methyl sites for hydroxylation is 2. The molecule has 36 heavy (non-hydrogen) atoms. The molecule has 0 saturated heterocycles. The van der Waals surface area contributed by atoms with Crippen molar-refractivity contribution in [2.45, 2.75) is 123 Å². The Morgan fingerprint density at radius 2 is 1.36 bits per heavy atom. The third kappa shape index (κ3) is 9.94. The van der Waals surface area contributed by atoms with Crippen molar-refractivity contribution in [1.29, 1.82) is 0 Å². The molecule has 0 radical (unpaired) electrons. The first-order valence-corrected chi connectivity index (χ1v) is 14.3. The quantitative estimate of drug-likeness (QED) is 0.251. The monoisotopic (exact) mass is 503 g/mol. The molecule has 8 heteroatoms. The zero-order valence-electron chi connectivity index (χ0n) is 23.0. The van der Waals surface area contributed by atoms with E-state index in [0.29, 0.717) is 24.1 Å². The molecule has 0 saturated carbocycles. The molecule has 0 unspecified atom stereocenters. The molecule has 2 aromatic rings. The van der Waals surface area contributed by atoms with Crippen LogP contribution in [0.15, 0.2) is 15.9 Å². The Bertz CT molecular complexity index is 1020. The summed E-state index contributed by atoms with van der Waals surface area (Å²) < 4.78 is 4.46. The van der Waals surface area contributed by atoms with E-state index in [1.54, 1.807) is 25.0 Å². The lowest BCUT2D eigenvalue weighted by Crippen LogP contribution is -2.39. The van der Waals surface area contributed by atoms with Gasteiger partial charge in [-0.05, 0) is 19.3 Å². The van der Waals surface area contributed by atoms with Crippen LogP contribution in [-0.2, 0) is 25.4 Å². The first-order chi connectivity index (χ1) is 17.5. The molecule has 2 rings (SSSR count). The third-order valence-electron chi connectivity index (χ3n) is 7.09. The molecule has 1 N–H and O–H groups in total. The van der Waals surface area contributed by atoms with Gasteiger partial charge in [-0.15, -0.1) is 0 Å². The predicted octanol–water partition coefficient (Wildman–Crippen LogP) is 5.20. The molecule has 0 fully saturated rings. The van der Waals surface area contributed by atoms with Gasteiger partial charge < -0.3 is 9.88 Å². The Morgan fingerprint density at radius 1 is 0.806 bits per heavy atom. The van der Waals surface area contributed by atoms with Gasteiger partial charge in [-0.3, -0.25) is 18.7 Å². The van der Waals surface area contributed by atoms with Crippen LogP contribution in [0.4, 0.5) is 0 Å². The average Bonchev–Trinajstić information content (AvgIpc) is 3.26. The van der Waals surface area contributed by atoms with Crippen LogP contribution >= 0.6 is 0 Å². The van der Waals surface area contributed by atoms with Crippen LogP contribution < -0.4 is 16.6 Å². The number of nitrogens with zero attached hydrogens (tertiary/aromatic N) is 4. The maximum absolute atomic E-state index is 12.7. The van der Waals surface area contributed by atoms with E-state index in [2.05, 4.69) is 17.2 Å². The molecule has 204 valence electrons. The molecule has 0 aromatic carbocycles. The first kappa shape index (κ1) is 29.8. The largest absolute Gasteiger partial charge is 0.356 e. The molecule has 0 spiro atoms. The smallest absolute Gasteiger partial charge is 0.332 e. The van der Waals surface area contributed by atoms with Gasteiger partial charge in [-0.25, -0.2) is 9.78 Å². The van der Waals surface area contributed by atoms with Gasteiger partial charge >= 0.3 is 5.69 Å². The second-order valence-corrected chi connectivity index (χ2v) is 10.2. The molecule has 0 aliphatic carbocycles. The van der Waals surface area contributed by atoms with Crippen LogP contribution in [0, 0.1) is 0 Å². The summed E-state index contributed by atoms with van der Waals surface area (Å²) in [5.74, 6) is 0.198. The van der Waals surface area contributed by atoms with Crippen molar-refractivity contribution in [3.05, 3.63) is 27.2 Å². The van der Waals surface area contributed by atoms with Crippen molar-refractivity contribution in [1.82, 2.24) is 24.0 Å². The number of nitrogens with one attached hydrogen (secondary N) is 1. The van der Waals surface area contributed by atoms with E-state index in [1.165, 1.54) is 60.5 Å². The minimum Gasteiger partial charge on any atom is -0.356 e. The minimum absolute atomic E-state index is 0.198. The van der Waals surface area contributed by atoms with Gasteiger partial charge in [0.05, 0.1) is 6.33 Å². The van der Waals surface area contributed by atoms with E-state index in [9.17, 15) is 14.4 Å². The molecule has 2 heterocycles. The van der Waals surface area contributed by atoms with Gasteiger partial charge in [-0.2, -0.15) is 0 Å². The first-order valence-electron chi connectivity index (χ1n) is 14.3. The normalized spacial score (nSPS) is 11.4. The molecule has 0 aliphatic rings. The van der Waals surface area contributed by atoms with Crippen LogP contribution in [0.3, 0.4) is 0 Å². The number of hydrogen-bond donors (Lipinski definition) is 1. The van der Waals surface area contributed by atoms with Crippen molar-refractivity contribution >= 4 is 17.1 Å². The van der Waals surface area contributed by atoms with Gasteiger partial charge in [0.15, 0.2) is 11.2 Å². The number of unbranched alkanes of at least 4 members (excludes halogenated alkanes) is 14. The van der Waals surface area contributed by atoms with E-state index >= 15 is 0 Å². The molecule has 0 aliphatic heterocycles. The summed E-state index contributed by atoms with van der Waals surface area (Å²) in [6.07, 6.45) is 21.0. The summed E-state index contributed by atoms with van der Waals surface area (Å²) in [5.41, 5.74) is 0.353. The van der Waals surface area contributed by atoms with Gasteiger partial charge in [-0.1, -0.05) is 90.4 Å². The minimum atomic E-state index is -0.298. The van der Waals surface area contributed by atoms with Crippen LogP contribution in [0.25, 0.3) is 11.2 Å². The lowest BCUT2D eigenvalue weighted by molar-refractivity contribution is -0.121. The number of rotatable bonds is 20. The van der Waals surface area contributed by atoms with E-state index in [0.717, 1.165) is 57.9 Å². The highest BCUT2D eigenvalue weighted by molar-refractivity contribution is 5.75. The Kier molecular flexibility index (Phi) is 14.2. The summed E-state index contributed by atoms with van der Waals surface area (Å²) in [4.78, 5) is 41.3. The zero-order chi connectivity index (χ0) is 26.2. The van der Waals surface area contributed by atoms with Crippen LogP contribution in [0.1, 0.15) is 116 Å². The summed E-state index contributed by atoms with van der Waals surface area (Å²) in [6, 6.07) is 0. The molecule has 1 amide bonds. The van der Waals surface area contributed by atoms with E-state index < -0.39 is 0 Å². The van der Waals surface area contributed by atoms with Crippen molar-refractivity contribution in [2.24, 2.45) is 14.1 Å². The number of hydrogen-bond acceptors (Lipinski definition) is 4. The topological polar surface area (TPSA) is 90.9 Å². The fourth-order valence-electron chi connectivity index (χ4n) is 4.78. The molecule has 0 bridgehead atoms. The molecular formula is C28H49N5O3. The zero-order valence-corrected chi connectivity index (χ0v) is 23.0. The number of imidazole rings is 1. The number of carbonyl (C=O) groups is 1. The number of amides is 1. The van der Waals surface area contributed by atoms with Gasteiger partial charge in [0.1, 0.15) is 0 Å². The summed E-state index contributed by atoms with van der Waals surface area (Å²) in [5, 5.41) is 3.06. The lowest BCUT2D eigenvalue weighted by atomic mass is 10.1. The van der Waals surface area contributed by atoms with Crippen molar-refractivity contribution in [3.8, 4) is 0 Å². The van der Waals surface area contributed by atoms with Gasteiger partial charge in [0.2, 0.25) is 5.91 Å². The Morgan fingerprint density at radius 3 is 2.00 bits per heavy atom. The maximum atomic E-state index is 12.7. The molecule has 0 atom stereocenters. The highest BCUT2D eigenvalue weighted by atomic mass is 16.2.